The first kappa shape index (κ1) is 14.9. The van der Waals surface area contributed by atoms with Crippen LogP contribution in [0.15, 0.2) is 10.6 Å². The fraction of sp³-hybridized carbons (Fsp3) is 0.714. The summed E-state index contributed by atoms with van der Waals surface area (Å²) in [5, 5.41) is 22.9. The van der Waals surface area contributed by atoms with Gasteiger partial charge in [-0.2, -0.15) is 0 Å². The maximum absolute atomic E-state index is 12.2. The molecule has 0 aliphatic carbocycles. The van der Waals surface area contributed by atoms with Gasteiger partial charge in [-0.3, -0.25) is 4.79 Å². The standard InChI is InChI=1S/C14H20N2O4S/c1-6-10-9(7(2)17)13(18)16(10)11(14(19)20)12(6)21-8-3-4-15-5-8/h6-10,15,17H,3-5H2,1-2H3,(H,19,20)/t6-,7-,8?,9-,10+/m1/s1. The second kappa shape index (κ2) is 5.30. The zero-order chi connectivity index (χ0) is 15.3. The van der Waals surface area contributed by atoms with Crippen molar-refractivity contribution in [3.8, 4) is 0 Å². The molecule has 2 saturated heterocycles. The van der Waals surface area contributed by atoms with Crippen LogP contribution >= 0.6 is 11.8 Å². The second-order valence-corrected chi connectivity index (χ2v) is 7.35. The number of nitrogens with one attached hydrogen (secondary N) is 1. The molecular weight excluding hydrogens is 292 g/mol. The largest absolute Gasteiger partial charge is 0.477 e. The van der Waals surface area contributed by atoms with E-state index in [2.05, 4.69) is 5.32 Å². The summed E-state index contributed by atoms with van der Waals surface area (Å²) in [7, 11) is 0. The summed E-state index contributed by atoms with van der Waals surface area (Å²) >= 11 is 1.58. The highest BCUT2D eigenvalue weighted by Crippen LogP contribution is 2.51. The van der Waals surface area contributed by atoms with Crippen molar-refractivity contribution >= 4 is 23.6 Å². The number of carboxylic acids is 1. The molecule has 0 bridgehead atoms. The van der Waals surface area contributed by atoms with E-state index in [1.54, 1.807) is 18.7 Å². The molecule has 6 nitrogen and oxygen atoms in total. The lowest BCUT2D eigenvalue weighted by molar-refractivity contribution is -0.163. The molecule has 0 spiro atoms. The van der Waals surface area contributed by atoms with Crippen LogP contribution in [0.1, 0.15) is 20.3 Å². The van der Waals surface area contributed by atoms with Gasteiger partial charge in [0.2, 0.25) is 5.91 Å². The normalized spacial score (nSPS) is 36.7. The smallest absolute Gasteiger partial charge is 0.353 e. The molecule has 3 heterocycles. The molecule has 0 aromatic heterocycles. The Labute approximate surface area is 127 Å². The summed E-state index contributed by atoms with van der Waals surface area (Å²) in [6.07, 6.45) is 0.264. The average molecular weight is 312 g/mol. The van der Waals surface area contributed by atoms with Crippen molar-refractivity contribution in [1.82, 2.24) is 10.2 Å². The lowest BCUT2D eigenvalue weighted by atomic mass is 9.79. The monoisotopic (exact) mass is 312 g/mol. The third-order valence-corrected chi connectivity index (χ3v) is 6.17. The van der Waals surface area contributed by atoms with E-state index < -0.39 is 18.0 Å². The van der Waals surface area contributed by atoms with Crippen LogP contribution in [0, 0.1) is 11.8 Å². The number of aliphatic hydroxyl groups is 1. The third-order valence-electron chi connectivity index (χ3n) is 4.62. The molecule has 5 atom stereocenters. The zero-order valence-corrected chi connectivity index (χ0v) is 12.9. The highest BCUT2D eigenvalue weighted by molar-refractivity contribution is 8.03. The molecule has 1 amide bonds. The van der Waals surface area contributed by atoms with Gasteiger partial charge in [-0.05, 0) is 19.9 Å². The van der Waals surface area contributed by atoms with Crippen LogP contribution in [0.25, 0.3) is 0 Å². The number of thioether (sulfide) groups is 1. The zero-order valence-electron chi connectivity index (χ0n) is 12.1. The van der Waals surface area contributed by atoms with Crippen molar-refractivity contribution < 1.29 is 19.8 Å². The first-order valence-electron chi connectivity index (χ1n) is 7.29. The van der Waals surface area contributed by atoms with Gasteiger partial charge in [-0.15, -0.1) is 11.8 Å². The fourth-order valence-corrected chi connectivity index (χ4v) is 5.03. The van der Waals surface area contributed by atoms with Crippen molar-refractivity contribution in [3.63, 3.8) is 0 Å². The van der Waals surface area contributed by atoms with E-state index in [-0.39, 0.29) is 23.6 Å². The number of aliphatic hydroxyl groups excluding tert-OH is 1. The van der Waals surface area contributed by atoms with Gasteiger partial charge in [-0.1, -0.05) is 6.92 Å². The highest BCUT2D eigenvalue weighted by atomic mass is 32.2. The molecule has 116 valence electrons. The lowest BCUT2D eigenvalue weighted by Crippen LogP contribution is -2.63. The number of carbonyl (C=O) groups excluding carboxylic acids is 1. The molecule has 2 fully saturated rings. The van der Waals surface area contributed by atoms with Crippen molar-refractivity contribution in [2.45, 2.75) is 37.7 Å². The predicted molar refractivity (Wildman–Crippen MR) is 78.5 cm³/mol. The number of aliphatic carboxylic acids is 1. The number of amides is 1. The van der Waals surface area contributed by atoms with Crippen molar-refractivity contribution in [2.75, 3.05) is 13.1 Å². The maximum Gasteiger partial charge on any atom is 0.353 e. The van der Waals surface area contributed by atoms with Gasteiger partial charge < -0.3 is 20.4 Å². The first-order chi connectivity index (χ1) is 9.93. The summed E-state index contributed by atoms with van der Waals surface area (Å²) in [6.45, 7) is 5.37. The van der Waals surface area contributed by atoms with Crippen LogP contribution < -0.4 is 5.32 Å². The van der Waals surface area contributed by atoms with Crippen LogP contribution in [-0.4, -0.2) is 57.5 Å². The van der Waals surface area contributed by atoms with Gasteiger partial charge >= 0.3 is 5.97 Å². The Hall–Kier alpha value is -1.05. The minimum Gasteiger partial charge on any atom is -0.477 e. The molecule has 1 unspecified atom stereocenters. The van der Waals surface area contributed by atoms with E-state index in [1.807, 2.05) is 6.92 Å². The van der Waals surface area contributed by atoms with E-state index in [4.69, 9.17) is 0 Å². The Kier molecular flexibility index (Phi) is 3.75. The minimum absolute atomic E-state index is 0.0287. The van der Waals surface area contributed by atoms with Crippen molar-refractivity contribution in [1.29, 1.82) is 0 Å². The number of nitrogens with zero attached hydrogens (tertiary/aromatic N) is 1. The molecule has 7 heteroatoms. The van der Waals surface area contributed by atoms with Crippen LogP contribution in [-0.2, 0) is 9.59 Å². The molecule has 0 aromatic carbocycles. The molecular formula is C14H20N2O4S. The lowest BCUT2D eigenvalue weighted by Gasteiger charge is -2.46. The fourth-order valence-electron chi connectivity index (χ4n) is 3.59. The summed E-state index contributed by atoms with van der Waals surface area (Å²) in [4.78, 5) is 25.9. The molecule has 0 aromatic rings. The molecule has 3 aliphatic rings. The topological polar surface area (TPSA) is 89.9 Å². The number of fused-ring (bicyclic) bond motifs is 1. The summed E-state index contributed by atoms with van der Waals surface area (Å²) < 4.78 is 0. The van der Waals surface area contributed by atoms with Crippen molar-refractivity contribution in [3.05, 3.63) is 10.6 Å². The molecule has 3 N–H and O–H groups in total. The molecule has 21 heavy (non-hydrogen) atoms. The molecule has 3 rings (SSSR count). The second-order valence-electron chi connectivity index (χ2n) is 6.00. The van der Waals surface area contributed by atoms with Gasteiger partial charge in [0.15, 0.2) is 0 Å². The summed E-state index contributed by atoms with van der Waals surface area (Å²) in [6, 6.07) is -0.208. The number of β-lactam (4-membered cyclic amide) rings is 1. The quantitative estimate of drug-likeness (QED) is 0.644. The predicted octanol–water partition coefficient (Wildman–Crippen LogP) is 0.235. The Morgan fingerprint density at radius 2 is 2.24 bits per heavy atom. The Morgan fingerprint density at radius 1 is 1.52 bits per heavy atom. The Bertz CT molecular complexity index is 513. The number of hydrogen-bond donors (Lipinski definition) is 3. The van der Waals surface area contributed by atoms with E-state index in [0.29, 0.717) is 5.25 Å². The van der Waals surface area contributed by atoms with Gasteiger partial charge in [0.05, 0.1) is 18.1 Å². The van der Waals surface area contributed by atoms with E-state index in [9.17, 15) is 19.8 Å². The average Bonchev–Trinajstić information content (AvgIpc) is 2.97. The van der Waals surface area contributed by atoms with Crippen LogP contribution in [0.5, 0.6) is 0 Å². The van der Waals surface area contributed by atoms with Gasteiger partial charge in [0.25, 0.3) is 0 Å². The number of rotatable bonds is 4. The van der Waals surface area contributed by atoms with Crippen molar-refractivity contribution in [2.24, 2.45) is 11.8 Å². The number of hydrogen-bond acceptors (Lipinski definition) is 5. The van der Waals surface area contributed by atoms with E-state index in [1.165, 1.54) is 4.90 Å². The molecule has 0 saturated carbocycles. The maximum atomic E-state index is 12.2. The Balaban J connectivity index is 1.89. The highest BCUT2D eigenvalue weighted by Gasteiger charge is 2.60. The number of carboxylic acid groups (broad SMARTS) is 1. The van der Waals surface area contributed by atoms with Crippen LogP contribution in [0.4, 0.5) is 0 Å². The van der Waals surface area contributed by atoms with Gasteiger partial charge in [-0.25, -0.2) is 4.79 Å². The third kappa shape index (κ3) is 2.18. The van der Waals surface area contributed by atoms with E-state index in [0.717, 1.165) is 24.4 Å². The minimum atomic E-state index is -1.05. The van der Waals surface area contributed by atoms with Gasteiger partial charge in [0.1, 0.15) is 5.70 Å². The van der Waals surface area contributed by atoms with Crippen LogP contribution in [0.3, 0.4) is 0 Å². The first-order valence-corrected chi connectivity index (χ1v) is 8.17. The summed E-state index contributed by atoms with van der Waals surface area (Å²) in [5.41, 5.74) is 0.131. The van der Waals surface area contributed by atoms with E-state index >= 15 is 0 Å². The van der Waals surface area contributed by atoms with Gasteiger partial charge in [0, 0.05) is 22.6 Å². The SMILES string of the molecule is C[C@@H](O)[C@H]1C(=O)N2C(C(=O)O)=C(SC3CCNC3)[C@H](C)[C@@H]12. The molecule has 3 aliphatic heterocycles. The summed E-state index contributed by atoms with van der Waals surface area (Å²) in [5.74, 6) is -1.82. The molecule has 0 radical (unpaired) electrons. The Morgan fingerprint density at radius 3 is 2.76 bits per heavy atom. The van der Waals surface area contributed by atoms with Crippen LogP contribution in [0.2, 0.25) is 0 Å². The number of carbonyl (C=O) groups is 2.